The lowest BCUT2D eigenvalue weighted by Gasteiger charge is -1.94. The molecule has 2 N–H and O–H groups in total. The number of phenolic OH excluding ortho intramolecular Hbond substituents is 2. The molecular formula is C6H5O2S. The van der Waals surface area contributed by atoms with Crippen LogP contribution in [0.2, 0.25) is 0 Å². The van der Waals surface area contributed by atoms with E-state index in [0.29, 0.717) is 0 Å². The topological polar surface area (TPSA) is 40.5 Å². The minimum absolute atomic E-state index is 0.0304. The van der Waals surface area contributed by atoms with Crippen molar-refractivity contribution >= 4 is 12.6 Å². The first kappa shape index (κ1) is 6.16. The summed E-state index contributed by atoms with van der Waals surface area (Å²) in [7, 11) is 0. The van der Waals surface area contributed by atoms with E-state index in [2.05, 4.69) is 12.6 Å². The van der Waals surface area contributed by atoms with Gasteiger partial charge in [-0.3, -0.25) is 0 Å². The van der Waals surface area contributed by atoms with Crippen molar-refractivity contribution in [1.82, 2.24) is 0 Å². The van der Waals surface area contributed by atoms with E-state index < -0.39 is 0 Å². The van der Waals surface area contributed by atoms with Gasteiger partial charge in [-0.2, -0.15) is 0 Å². The Labute approximate surface area is 58.2 Å². The molecule has 47 valence electrons. The van der Waals surface area contributed by atoms with Crippen molar-refractivity contribution in [3.8, 4) is 11.5 Å². The zero-order valence-electron chi connectivity index (χ0n) is 4.53. The van der Waals surface area contributed by atoms with Crippen LogP contribution in [0.15, 0.2) is 23.1 Å². The van der Waals surface area contributed by atoms with Crippen LogP contribution in [0.25, 0.3) is 0 Å². The highest BCUT2D eigenvalue weighted by atomic mass is 32.1. The lowest BCUT2D eigenvalue weighted by molar-refractivity contribution is 0.449. The fraction of sp³-hybridized carbons (Fsp3) is 0. The number of hydrogen-bond donors (Lipinski definition) is 2. The Balaban J connectivity index is 3.17. The molecule has 0 aliphatic heterocycles. The fourth-order valence-electron chi connectivity index (χ4n) is 0.503. The van der Waals surface area contributed by atoms with Crippen molar-refractivity contribution in [1.29, 1.82) is 0 Å². The van der Waals surface area contributed by atoms with Gasteiger partial charge >= 0.3 is 0 Å². The minimum Gasteiger partial charge on any atom is -0.508 e. The Kier molecular flexibility index (Phi) is 1.44. The summed E-state index contributed by atoms with van der Waals surface area (Å²) in [6, 6.07) is 4.06. The van der Waals surface area contributed by atoms with E-state index in [1.807, 2.05) is 0 Å². The highest BCUT2D eigenvalue weighted by molar-refractivity contribution is 7.80. The monoisotopic (exact) mass is 141 g/mol. The van der Waals surface area contributed by atoms with E-state index in [9.17, 15) is 0 Å². The van der Waals surface area contributed by atoms with Gasteiger partial charge in [0.1, 0.15) is 11.5 Å². The Morgan fingerprint density at radius 1 is 1.22 bits per heavy atom. The summed E-state index contributed by atoms with van der Waals surface area (Å²) in [6.07, 6.45) is 0. The van der Waals surface area contributed by atoms with Gasteiger partial charge in [-0.15, -0.1) is 0 Å². The quantitative estimate of drug-likeness (QED) is 0.539. The summed E-state index contributed by atoms with van der Waals surface area (Å²) in [5.74, 6) is 0.112. The predicted molar refractivity (Wildman–Crippen MR) is 35.6 cm³/mol. The maximum Gasteiger partial charge on any atom is 0.133 e. The molecule has 0 aromatic heterocycles. The van der Waals surface area contributed by atoms with Crippen molar-refractivity contribution in [3.63, 3.8) is 0 Å². The molecular weight excluding hydrogens is 136 g/mol. The lowest BCUT2D eigenvalue weighted by atomic mass is 10.3. The fourth-order valence-corrected chi connectivity index (χ4v) is 0.692. The van der Waals surface area contributed by atoms with Gasteiger partial charge in [0, 0.05) is 6.07 Å². The molecule has 1 radical (unpaired) electrons. The van der Waals surface area contributed by atoms with Crippen molar-refractivity contribution in [2.75, 3.05) is 0 Å². The highest BCUT2D eigenvalue weighted by Gasteiger charge is 1.95. The van der Waals surface area contributed by atoms with Crippen LogP contribution in [0.5, 0.6) is 11.5 Å². The van der Waals surface area contributed by atoms with Gasteiger partial charge in [0.25, 0.3) is 0 Å². The third-order valence-electron chi connectivity index (χ3n) is 0.943. The average molecular weight is 141 g/mol. The molecule has 0 aliphatic rings. The average Bonchev–Trinajstić information content (AvgIpc) is 1.80. The second kappa shape index (κ2) is 2.11. The second-order valence-corrected chi connectivity index (χ2v) is 2.09. The van der Waals surface area contributed by atoms with E-state index in [1.54, 1.807) is 0 Å². The first-order valence-corrected chi connectivity index (χ1v) is 2.80. The molecule has 0 fully saturated rings. The second-order valence-electron chi connectivity index (χ2n) is 1.65. The van der Waals surface area contributed by atoms with E-state index in [0.717, 1.165) is 0 Å². The zero-order valence-corrected chi connectivity index (χ0v) is 5.35. The van der Waals surface area contributed by atoms with Gasteiger partial charge < -0.3 is 10.2 Å². The summed E-state index contributed by atoms with van der Waals surface area (Å²) in [5.41, 5.74) is 0. The highest BCUT2D eigenvalue weighted by Crippen LogP contribution is 2.24. The van der Waals surface area contributed by atoms with Gasteiger partial charge in [-0.25, -0.2) is 0 Å². The molecule has 0 amide bonds. The lowest BCUT2D eigenvalue weighted by Crippen LogP contribution is -1.67. The van der Waals surface area contributed by atoms with Crippen LogP contribution < -0.4 is 0 Å². The maximum atomic E-state index is 8.83. The van der Waals surface area contributed by atoms with Gasteiger partial charge in [0.15, 0.2) is 0 Å². The first-order chi connectivity index (χ1) is 4.20. The number of benzene rings is 1. The van der Waals surface area contributed by atoms with Crippen LogP contribution in [0, 0.1) is 0 Å². The summed E-state index contributed by atoms with van der Waals surface area (Å²) in [5, 5.41) is 17.6. The van der Waals surface area contributed by atoms with Gasteiger partial charge in [-0.1, -0.05) is 12.6 Å². The number of aromatic hydroxyl groups is 2. The molecule has 0 spiro atoms. The van der Waals surface area contributed by atoms with Gasteiger partial charge in [-0.05, 0) is 12.1 Å². The predicted octanol–water partition coefficient (Wildman–Crippen LogP) is 1.65. The molecule has 0 heterocycles. The number of rotatable bonds is 0. The molecule has 0 saturated carbocycles. The van der Waals surface area contributed by atoms with Crippen LogP contribution in [0.1, 0.15) is 0 Å². The molecule has 1 aromatic rings. The molecule has 3 heteroatoms. The Morgan fingerprint density at radius 3 is 2.33 bits per heavy atom. The molecule has 2 nitrogen and oxygen atoms in total. The van der Waals surface area contributed by atoms with Crippen molar-refractivity contribution in [2.24, 2.45) is 0 Å². The molecule has 9 heavy (non-hydrogen) atoms. The zero-order chi connectivity index (χ0) is 6.85. The van der Waals surface area contributed by atoms with Gasteiger partial charge in [0.05, 0.1) is 4.90 Å². The van der Waals surface area contributed by atoms with Crippen LogP contribution in [0.4, 0.5) is 0 Å². The summed E-state index contributed by atoms with van der Waals surface area (Å²) < 4.78 is 0. The van der Waals surface area contributed by atoms with Crippen LogP contribution in [-0.4, -0.2) is 10.2 Å². The molecule has 0 saturated heterocycles. The third-order valence-corrected chi connectivity index (χ3v) is 1.27. The molecule has 0 bridgehead atoms. The normalized spacial score (nSPS) is 9.33. The van der Waals surface area contributed by atoms with E-state index in [4.69, 9.17) is 10.2 Å². The summed E-state index contributed by atoms with van der Waals surface area (Å²) >= 11 is 4.63. The van der Waals surface area contributed by atoms with E-state index >= 15 is 0 Å². The summed E-state index contributed by atoms with van der Waals surface area (Å²) in [4.78, 5) is 0.273. The minimum atomic E-state index is 0.0304. The maximum absolute atomic E-state index is 8.83. The number of phenols is 2. The van der Waals surface area contributed by atoms with E-state index in [1.165, 1.54) is 18.2 Å². The molecule has 0 unspecified atom stereocenters. The largest absolute Gasteiger partial charge is 0.508 e. The summed E-state index contributed by atoms with van der Waals surface area (Å²) in [6.45, 7) is 0. The smallest absolute Gasteiger partial charge is 0.133 e. The van der Waals surface area contributed by atoms with Gasteiger partial charge in [0.2, 0.25) is 0 Å². The van der Waals surface area contributed by atoms with Crippen LogP contribution >= 0.6 is 12.6 Å². The standard InChI is InChI=1S/C6H5O2S/c7-4-1-2-5(8)6(9)3-4/h1-3,7-8H. The molecule has 1 rings (SSSR count). The van der Waals surface area contributed by atoms with Crippen LogP contribution in [-0.2, 0) is 0 Å². The SMILES string of the molecule is Oc1ccc(O)c([S])c1. The molecule has 0 aliphatic carbocycles. The third kappa shape index (κ3) is 1.23. The molecule has 0 atom stereocenters. The first-order valence-electron chi connectivity index (χ1n) is 2.39. The Bertz CT molecular complexity index is 222. The van der Waals surface area contributed by atoms with Crippen LogP contribution in [0.3, 0.4) is 0 Å². The Hall–Kier alpha value is -0.960. The Morgan fingerprint density at radius 2 is 1.89 bits per heavy atom. The number of hydrogen-bond acceptors (Lipinski definition) is 2. The van der Waals surface area contributed by atoms with Crippen molar-refractivity contribution < 1.29 is 10.2 Å². The van der Waals surface area contributed by atoms with Crippen molar-refractivity contribution in [3.05, 3.63) is 18.2 Å². The molecule has 1 aromatic carbocycles. The van der Waals surface area contributed by atoms with Crippen molar-refractivity contribution in [2.45, 2.75) is 4.90 Å². The van der Waals surface area contributed by atoms with E-state index in [-0.39, 0.29) is 16.4 Å².